The molecule has 1 heterocycles. The van der Waals surface area contributed by atoms with Gasteiger partial charge >= 0.3 is 0 Å². The maximum Gasteiger partial charge on any atom is 0.226 e. The van der Waals surface area contributed by atoms with Gasteiger partial charge in [0, 0.05) is 44.0 Å². The van der Waals surface area contributed by atoms with Crippen molar-refractivity contribution in [1.82, 2.24) is 4.90 Å². The van der Waals surface area contributed by atoms with Crippen molar-refractivity contribution >= 4 is 17.6 Å². The van der Waals surface area contributed by atoms with E-state index in [1.807, 2.05) is 4.90 Å². The maximum atomic E-state index is 13.9. The van der Waals surface area contributed by atoms with Gasteiger partial charge in [-0.1, -0.05) is 25.0 Å². The van der Waals surface area contributed by atoms with Crippen molar-refractivity contribution in [2.45, 2.75) is 25.7 Å². The molecule has 1 amide bonds. The molecule has 0 radical (unpaired) electrons. The Hall–Kier alpha value is -2.11. The minimum absolute atomic E-state index is 0.0860. The van der Waals surface area contributed by atoms with Crippen LogP contribution in [0.15, 0.2) is 24.3 Å². The quantitative estimate of drug-likeness (QED) is 0.829. The summed E-state index contributed by atoms with van der Waals surface area (Å²) in [6, 6.07) is 6.61. The third-order valence-corrected chi connectivity index (χ3v) is 5.17. The van der Waals surface area contributed by atoms with E-state index in [1.54, 1.807) is 23.1 Å². The number of amides is 1. The zero-order chi connectivity index (χ0) is 17.1. The number of hydrogen-bond donors (Lipinski definition) is 0. The van der Waals surface area contributed by atoms with Crippen LogP contribution in [0.5, 0.6) is 0 Å². The summed E-state index contributed by atoms with van der Waals surface area (Å²) in [7, 11) is 0. The molecule has 1 aliphatic heterocycles. The van der Waals surface area contributed by atoms with Crippen molar-refractivity contribution < 1.29 is 19.1 Å². The summed E-state index contributed by atoms with van der Waals surface area (Å²) >= 11 is 0. The Balaban J connectivity index is 1.62. The van der Waals surface area contributed by atoms with E-state index in [9.17, 15) is 19.1 Å². The van der Waals surface area contributed by atoms with Gasteiger partial charge in [0.05, 0.1) is 5.69 Å². The number of carbonyl (C=O) groups is 2. The first-order valence-electron chi connectivity index (χ1n) is 8.57. The fourth-order valence-electron chi connectivity index (χ4n) is 3.82. The highest BCUT2D eigenvalue weighted by Gasteiger charge is 2.35. The maximum absolute atomic E-state index is 13.9. The number of anilines is 1. The van der Waals surface area contributed by atoms with E-state index >= 15 is 0 Å². The number of carbonyl (C=O) groups excluding carboxylic acids is 2. The zero-order valence-electron chi connectivity index (χ0n) is 13.6. The molecule has 2 fully saturated rings. The summed E-state index contributed by atoms with van der Waals surface area (Å²) in [4.78, 5) is 27.7. The van der Waals surface area contributed by atoms with Gasteiger partial charge in [-0.25, -0.2) is 4.39 Å². The Bertz CT molecular complexity index is 614. The number of para-hydroxylation sites is 1. The Morgan fingerprint density at radius 3 is 2.25 bits per heavy atom. The van der Waals surface area contributed by atoms with Gasteiger partial charge in [-0.05, 0) is 25.0 Å². The van der Waals surface area contributed by atoms with Crippen molar-refractivity contribution in [2.75, 3.05) is 31.1 Å². The average Bonchev–Trinajstić information content (AvgIpc) is 2.62. The van der Waals surface area contributed by atoms with E-state index in [2.05, 4.69) is 0 Å². The van der Waals surface area contributed by atoms with Crippen LogP contribution < -0.4 is 10.0 Å². The lowest BCUT2D eigenvalue weighted by molar-refractivity contribution is -0.314. The molecule has 0 N–H and O–H groups in total. The monoisotopic (exact) mass is 333 g/mol. The van der Waals surface area contributed by atoms with Crippen molar-refractivity contribution in [3.63, 3.8) is 0 Å². The summed E-state index contributed by atoms with van der Waals surface area (Å²) in [6.45, 7) is 2.08. The molecule has 24 heavy (non-hydrogen) atoms. The molecule has 1 aromatic carbocycles. The van der Waals surface area contributed by atoms with E-state index < -0.39 is 17.8 Å². The number of carboxylic acids is 1. The normalized spacial score (nSPS) is 24.7. The summed E-state index contributed by atoms with van der Waals surface area (Å²) in [5.74, 6) is -2.60. The van der Waals surface area contributed by atoms with E-state index in [1.165, 1.54) is 6.07 Å². The van der Waals surface area contributed by atoms with Crippen LogP contribution in [-0.4, -0.2) is 43.0 Å². The second-order valence-corrected chi connectivity index (χ2v) is 6.58. The van der Waals surface area contributed by atoms with Crippen molar-refractivity contribution in [1.29, 1.82) is 0 Å². The molecule has 2 atom stereocenters. The summed E-state index contributed by atoms with van der Waals surface area (Å²) in [6.07, 6.45) is 2.86. The molecule has 130 valence electrons. The smallest absolute Gasteiger partial charge is 0.226 e. The molecule has 1 aromatic rings. The molecular formula is C18H22FN2O3-. The van der Waals surface area contributed by atoms with Crippen LogP contribution in [0.2, 0.25) is 0 Å². The van der Waals surface area contributed by atoms with E-state index in [4.69, 9.17) is 0 Å². The topological polar surface area (TPSA) is 63.7 Å². The molecule has 0 bridgehead atoms. The SMILES string of the molecule is O=C([O-])C1CCCCC1C(=O)N1CCN(c2ccccc2F)CC1. The van der Waals surface area contributed by atoms with Crippen LogP contribution in [0.1, 0.15) is 25.7 Å². The number of rotatable bonds is 3. The van der Waals surface area contributed by atoms with Gasteiger partial charge in [0.25, 0.3) is 0 Å². The van der Waals surface area contributed by atoms with Crippen LogP contribution >= 0.6 is 0 Å². The molecule has 6 heteroatoms. The van der Waals surface area contributed by atoms with Gasteiger partial charge < -0.3 is 19.7 Å². The number of piperazine rings is 1. The van der Waals surface area contributed by atoms with Crippen molar-refractivity contribution in [3.8, 4) is 0 Å². The first kappa shape index (κ1) is 16.7. The fraction of sp³-hybridized carbons (Fsp3) is 0.556. The summed E-state index contributed by atoms with van der Waals surface area (Å²) < 4.78 is 13.9. The van der Waals surface area contributed by atoms with Crippen LogP contribution in [0.3, 0.4) is 0 Å². The van der Waals surface area contributed by atoms with Gasteiger partial charge in [-0.2, -0.15) is 0 Å². The second kappa shape index (κ2) is 7.20. The summed E-state index contributed by atoms with van der Waals surface area (Å²) in [5, 5.41) is 11.3. The van der Waals surface area contributed by atoms with Crippen molar-refractivity contribution in [3.05, 3.63) is 30.1 Å². The van der Waals surface area contributed by atoms with Gasteiger partial charge in [-0.15, -0.1) is 0 Å². The molecule has 1 saturated heterocycles. The molecule has 0 spiro atoms. The van der Waals surface area contributed by atoms with Crippen LogP contribution in [0, 0.1) is 17.7 Å². The first-order chi connectivity index (χ1) is 11.6. The van der Waals surface area contributed by atoms with E-state index in [0.717, 1.165) is 12.8 Å². The second-order valence-electron chi connectivity index (χ2n) is 6.58. The Kier molecular flexibility index (Phi) is 5.02. The molecule has 3 rings (SSSR count). The number of aliphatic carboxylic acids is 1. The van der Waals surface area contributed by atoms with Gasteiger partial charge in [0.1, 0.15) is 5.82 Å². The number of hydrogen-bond acceptors (Lipinski definition) is 4. The Labute approximate surface area is 141 Å². The lowest BCUT2D eigenvalue weighted by Gasteiger charge is -2.40. The Morgan fingerprint density at radius 2 is 1.62 bits per heavy atom. The number of halogens is 1. The molecule has 1 saturated carbocycles. The van der Waals surface area contributed by atoms with E-state index in [0.29, 0.717) is 44.7 Å². The highest BCUT2D eigenvalue weighted by Crippen LogP contribution is 2.31. The molecular weight excluding hydrogens is 311 g/mol. The fourth-order valence-corrected chi connectivity index (χ4v) is 3.82. The lowest BCUT2D eigenvalue weighted by Crippen LogP contribution is -2.53. The minimum Gasteiger partial charge on any atom is -0.550 e. The van der Waals surface area contributed by atoms with Gasteiger partial charge in [0.2, 0.25) is 5.91 Å². The minimum atomic E-state index is -1.11. The Morgan fingerprint density at radius 1 is 1.00 bits per heavy atom. The lowest BCUT2D eigenvalue weighted by atomic mass is 9.78. The number of nitrogens with zero attached hydrogens (tertiary/aromatic N) is 2. The van der Waals surface area contributed by atoms with E-state index in [-0.39, 0.29) is 11.7 Å². The average molecular weight is 333 g/mol. The zero-order valence-corrected chi connectivity index (χ0v) is 13.6. The highest BCUT2D eigenvalue weighted by molar-refractivity contribution is 5.84. The standard InChI is InChI=1S/C18H23FN2O3/c19-15-7-3-4-8-16(15)20-9-11-21(12-10-20)17(22)13-5-1-2-6-14(13)18(23)24/h3-4,7-8,13-14H,1-2,5-6,9-12H2,(H,23,24)/p-1. The third-order valence-electron chi connectivity index (χ3n) is 5.17. The summed E-state index contributed by atoms with van der Waals surface area (Å²) in [5.41, 5.74) is 0.551. The van der Waals surface area contributed by atoms with Crippen molar-refractivity contribution in [2.24, 2.45) is 11.8 Å². The highest BCUT2D eigenvalue weighted by atomic mass is 19.1. The van der Waals surface area contributed by atoms with Gasteiger partial charge in [0.15, 0.2) is 0 Å². The molecule has 1 aliphatic carbocycles. The number of benzene rings is 1. The van der Waals surface area contributed by atoms with Gasteiger partial charge in [-0.3, -0.25) is 4.79 Å². The molecule has 2 aliphatic rings. The molecule has 2 unspecified atom stereocenters. The third kappa shape index (κ3) is 3.37. The predicted octanol–water partition coefficient (Wildman–Crippen LogP) is 1.03. The van der Waals surface area contributed by atoms with Crippen LogP contribution in [0.4, 0.5) is 10.1 Å². The molecule has 0 aromatic heterocycles. The predicted molar refractivity (Wildman–Crippen MR) is 85.6 cm³/mol. The van der Waals surface area contributed by atoms with Crippen LogP contribution in [0.25, 0.3) is 0 Å². The van der Waals surface area contributed by atoms with Crippen LogP contribution in [-0.2, 0) is 9.59 Å². The first-order valence-corrected chi connectivity index (χ1v) is 8.57. The molecule has 5 nitrogen and oxygen atoms in total. The number of carboxylic acid groups (broad SMARTS) is 1. The largest absolute Gasteiger partial charge is 0.550 e.